The van der Waals surface area contributed by atoms with Crippen LogP contribution in [0.4, 0.5) is 0 Å². The molecule has 0 heterocycles. The maximum Gasteiger partial charge on any atom is 0.187 e. The van der Waals surface area contributed by atoms with Crippen molar-refractivity contribution >= 4 is 23.5 Å². The van der Waals surface area contributed by atoms with Crippen molar-refractivity contribution in [2.75, 3.05) is 13.7 Å². The van der Waals surface area contributed by atoms with Crippen LogP contribution >= 0.6 is 12.2 Å². The molecule has 0 aliphatic heterocycles. The van der Waals surface area contributed by atoms with E-state index in [0.29, 0.717) is 29.8 Å². The van der Waals surface area contributed by atoms with Crippen LogP contribution in [0.2, 0.25) is 0 Å². The molecule has 0 aromatic heterocycles. The third-order valence-electron chi connectivity index (χ3n) is 3.21. The Balaban J connectivity index is 1.96. The second kappa shape index (κ2) is 10.1. The first-order valence-electron chi connectivity index (χ1n) is 7.75. The van der Waals surface area contributed by atoms with E-state index in [-0.39, 0.29) is 0 Å². The Morgan fingerprint density at radius 2 is 2.00 bits per heavy atom. The molecule has 0 fully saturated rings. The average Bonchev–Trinajstić information content (AvgIpc) is 2.66. The molecule has 130 valence electrons. The average molecular weight is 355 g/mol. The van der Waals surface area contributed by atoms with Crippen molar-refractivity contribution in [3.8, 4) is 11.5 Å². The summed E-state index contributed by atoms with van der Waals surface area (Å²) in [6.45, 7) is 4.68. The van der Waals surface area contributed by atoms with Crippen LogP contribution in [-0.2, 0) is 6.61 Å². The van der Waals surface area contributed by atoms with Crippen LogP contribution in [0.1, 0.15) is 11.1 Å². The Morgan fingerprint density at radius 1 is 1.20 bits per heavy atom. The smallest absolute Gasteiger partial charge is 0.187 e. The molecule has 0 unspecified atom stereocenters. The lowest BCUT2D eigenvalue weighted by Crippen LogP contribution is -2.31. The summed E-state index contributed by atoms with van der Waals surface area (Å²) in [7, 11) is 1.61. The highest BCUT2D eigenvalue weighted by Gasteiger charge is 2.05. The third kappa shape index (κ3) is 6.27. The van der Waals surface area contributed by atoms with Crippen LogP contribution in [0.3, 0.4) is 0 Å². The Bertz CT molecular complexity index is 733. The van der Waals surface area contributed by atoms with Gasteiger partial charge >= 0.3 is 0 Å². The zero-order chi connectivity index (χ0) is 17.9. The van der Waals surface area contributed by atoms with Gasteiger partial charge in [0.15, 0.2) is 16.6 Å². The summed E-state index contributed by atoms with van der Waals surface area (Å²) in [6.07, 6.45) is 3.38. The molecule has 0 aliphatic rings. The highest BCUT2D eigenvalue weighted by atomic mass is 32.1. The van der Waals surface area contributed by atoms with E-state index in [0.717, 1.165) is 11.1 Å². The van der Waals surface area contributed by atoms with Gasteiger partial charge < -0.3 is 14.8 Å². The molecule has 0 saturated carbocycles. The molecular formula is C19H21N3O2S. The standard InChI is InChI=1S/C19H21N3O2S/c1-3-11-20-19(25)22-21-13-16-9-10-17(18(12-16)23-2)24-14-15-7-5-4-6-8-15/h3-10,12-13H,1,11,14H2,2H3,(H2,20,22,25)/b21-13+. The van der Waals surface area contributed by atoms with Gasteiger partial charge in [-0.05, 0) is 41.5 Å². The number of hydrogen-bond donors (Lipinski definition) is 2. The Kier molecular flexibility index (Phi) is 7.46. The van der Waals surface area contributed by atoms with Crippen molar-refractivity contribution in [3.05, 3.63) is 72.3 Å². The van der Waals surface area contributed by atoms with Crippen molar-refractivity contribution in [1.82, 2.24) is 10.7 Å². The van der Waals surface area contributed by atoms with Crippen LogP contribution < -0.4 is 20.2 Å². The van der Waals surface area contributed by atoms with E-state index >= 15 is 0 Å². The maximum absolute atomic E-state index is 5.83. The predicted molar refractivity (Wildman–Crippen MR) is 105 cm³/mol. The van der Waals surface area contributed by atoms with Gasteiger partial charge in [0.1, 0.15) is 6.61 Å². The number of nitrogens with one attached hydrogen (secondary N) is 2. The SMILES string of the molecule is C=CCNC(=S)N/N=C/c1ccc(OCc2ccccc2)c(OC)c1. The second-order valence-corrected chi connectivity index (χ2v) is 5.46. The van der Waals surface area contributed by atoms with Crippen molar-refractivity contribution in [3.63, 3.8) is 0 Å². The molecule has 6 heteroatoms. The first-order valence-corrected chi connectivity index (χ1v) is 8.16. The number of thiocarbonyl (C=S) groups is 1. The molecule has 2 aromatic carbocycles. The number of methoxy groups -OCH3 is 1. The molecule has 2 rings (SSSR count). The molecule has 0 radical (unpaired) electrons. The van der Waals surface area contributed by atoms with Crippen molar-refractivity contribution in [2.24, 2.45) is 5.10 Å². The zero-order valence-electron chi connectivity index (χ0n) is 14.1. The van der Waals surface area contributed by atoms with Crippen LogP contribution in [0.15, 0.2) is 66.3 Å². The molecule has 5 nitrogen and oxygen atoms in total. The normalized spacial score (nSPS) is 10.3. The number of hydrazone groups is 1. The second-order valence-electron chi connectivity index (χ2n) is 5.05. The first kappa shape index (κ1) is 18.5. The van der Waals surface area contributed by atoms with Gasteiger partial charge in [-0.3, -0.25) is 5.43 Å². The van der Waals surface area contributed by atoms with Crippen molar-refractivity contribution < 1.29 is 9.47 Å². The van der Waals surface area contributed by atoms with E-state index in [1.807, 2.05) is 48.5 Å². The van der Waals surface area contributed by atoms with E-state index in [1.54, 1.807) is 19.4 Å². The summed E-state index contributed by atoms with van der Waals surface area (Å²) in [5, 5.41) is 7.45. The summed E-state index contributed by atoms with van der Waals surface area (Å²) in [5.74, 6) is 1.33. The van der Waals surface area contributed by atoms with Crippen LogP contribution in [-0.4, -0.2) is 25.0 Å². The van der Waals surface area contributed by atoms with Gasteiger partial charge in [0.05, 0.1) is 13.3 Å². The molecule has 0 atom stereocenters. The lowest BCUT2D eigenvalue weighted by molar-refractivity contribution is 0.284. The van der Waals surface area contributed by atoms with Crippen LogP contribution in [0, 0.1) is 0 Å². The van der Waals surface area contributed by atoms with Crippen molar-refractivity contribution in [1.29, 1.82) is 0 Å². The fraction of sp³-hybridized carbons (Fsp3) is 0.158. The Morgan fingerprint density at radius 3 is 2.72 bits per heavy atom. The molecular weight excluding hydrogens is 334 g/mol. The highest BCUT2D eigenvalue weighted by Crippen LogP contribution is 2.28. The van der Waals surface area contributed by atoms with Gasteiger partial charge in [0.2, 0.25) is 0 Å². The molecule has 25 heavy (non-hydrogen) atoms. The maximum atomic E-state index is 5.83. The van der Waals surface area contributed by atoms with Gasteiger partial charge in [0, 0.05) is 6.54 Å². The number of ether oxygens (including phenoxy) is 2. The van der Waals surface area contributed by atoms with Gasteiger partial charge in [-0.15, -0.1) is 6.58 Å². The van der Waals surface area contributed by atoms with Crippen LogP contribution in [0.5, 0.6) is 11.5 Å². The first-order chi connectivity index (χ1) is 12.2. The fourth-order valence-electron chi connectivity index (χ4n) is 1.99. The van der Waals surface area contributed by atoms with E-state index in [4.69, 9.17) is 21.7 Å². The third-order valence-corrected chi connectivity index (χ3v) is 3.45. The molecule has 0 aliphatic carbocycles. The van der Waals surface area contributed by atoms with E-state index in [2.05, 4.69) is 22.4 Å². The van der Waals surface area contributed by atoms with Gasteiger partial charge in [0.25, 0.3) is 0 Å². The molecule has 2 aromatic rings. The summed E-state index contributed by atoms with van der Waals surface area (Å²) in [6, 6.07) is 15.6. The summed E-state index contributed by atoms with van der Waals surface area (Å²) < 4.78 is 11.2. The van der Waals surface area contributed by atoms with E-state index in [1.165, 1.54) is 0 Å². The minimum absolute atomic E-state index is 0.436. The molecule has 0 saturated heterocycles. The van der Waals surface area contributed by atoms with Gasteiger partial charge in [-0.2, -0.15) is 5.10 Å². The minimum atomic E-state index is 0.436. The number of hydrogen-bond acceptors (Lipinski definition) is 4. The Labute approximate surface area is 153 Å². The van der Waals surface area contributed by atoms with E-state index in [9.17, 15) is 0 Å². The molecule has 0 spiro atoms. The molecule has 2 N–H and O–H groups in total. The minimum Gasteiger partial charge on any atom is -0.493 e. The number of benzene rings is 2. The lowest BCUT2D eigenvalue weighted by atomic mass is 10.2. The summed E-state index contributed by atoms with van der Waals surface area (Å²) in [4.78, 5) is 0. The van der Waals surface area contributed by atoms with Crippen LogP contribution in [0.25, 0.3) is 0 Å². The van der Waals surface area contributed by atoms with Gasteiger partial charge in [-0.25, -0.2) is 0 Å². The number of rotatable bonds is 8. The number of nitrogens with zero attached hydrogens (tertiary/aromatic N) is 1. The Hall–Kier alpha value is -2.86. The monoisotopic (exact) mass is 355 g/mol. The predicted octanol–water partition coefficient (Wildman–Crippen LogP) is 3.26. The molecule has 0 bridgehead atoms. The van der Waals surface area contributed by atoms with Gasteiger partial charge in [-0.1, -0.05) is 36.4 Å². The lowest BCUT2D eigenvalue weighted by Gasteiger charge is -2.11. The zero-order valence-corrected chi connectivity index (χ0v) is 14.9. The highest BCUT2D eigenvalue weighted by molar-refractivity contribution is 7.80. The van der Waals surface area contributed by atoms with E-state index < -0.39 is 0 Å². The summed E-state index contributed by atoms with van der Waals surface area (Å²) >= 11 is 5.06. The van der Waals surface area contributed by atoms with Crippen molar-refractivity contribution in [2.45, 2.75) is 6.61 Å². The topological polar surface area (TPSA) is 54.9 Å². The quantitative estimate of drug-likeness (QED) is 0.329. The summed E-state index contributed by atoms with van der Waals surface area (Å²) in [5.41, 5.74) is 4.70. The largest absolute Gasteiger partial charge is 0.493 e. The molecule has 0 amide bonds. The fourth-order valence-corrected chi connectivity index (χ4v) is 2.12.